The standard InChI is InChI=1S/C18H28N2O5S/c1-18(2,3)13-17(21)19-8-10-20(11-9-19)26(22,23)16-12-14(24-4)6-7-15(16)25-5/h6-7,12H,8-11,13H2,1-5H3. The molecule has 1 aliphatic heterocycles. The van der Waals surface area contributed by atoms with Crippen molar-refractivity contribution in [1.29, 1.82) is 0 Å². The molecule has 146 valence electrons. The number of sulfonamides is 1. The third-order valence-corrected chi connectivity index (χ3v) is 6.18. The van der Waals surface area contributed by atoms with Crippen molar-refractivity contribution in [1.82, 2.24) is 9.21 Å². The highest BCUT2D eigenvalue weighted by Gasteiger charge is 2.33. The van der Waals surface area contributed by atoms with Crippen LogP contribution in [0.15, 0.2) is 23.1 Å². The molecule has 0 N–H and O–H groups in total. The quantitative estimate of drug-likeness (QED) is 0.776. The molecule has 8 heteroatoms. The zero-order valence-corrected chi connectivity index (χ0v) is 16.9. The predicted molar refractivity (Wildman–Crippen MR) is 99.0 cm³/mol. The molecule has 1 aromatic rings. The van der Waals surface area contributed by atoms with Crippen LogP contribution in [0, 0.1) is 5.41 Å². The molecule has 1 saturated heterocycles. The van der Waals surface area contributed by atoms with Gasteiger partial charge in [-0.15, -0.1) is 0 Å². The number of hydrogen-bond acceptors (Lipinski definition) is 5. The van der Waals surface area contributed by atoms with E-state index in [0.29, 0.717) is 25.3 Å². The van der Waals surface area contributed by atoms with Crippen LogP contribution in [-0.2, 0) is 14.8 Å². The lowest BCUT2D eigenvalue weighted by Crippen LogP contribution is -2.51. The second-order valence-electron chi connectivity index (χ2n) is 7.54. The molecule has 1 fully saturated rings. The number of benzene rings is 1. The molecule has 1 amide bonds. The summed E-state index contributed by atoms with van der Waals surface area (Å²) in [5.74, 6) is 0.786. The number of nitrogens with zero attached hydrogens (tertiary/aromatic N) is 2. The molecule has 7 nitrogen and oxygen atoms in total. The van der Waals surface area contributed by atoms with Gasteiger partial charge in [-0.05, 0) is 17.5 Å². The molecule has 0 unspecified atom stereocenters. The second-order valence-corrected chi connectivity index (χ2v) is 9.45. The van der Waals surface area contributed by atoms with E-state index in [2.05, 4.69) is 0 Å². The van der Waals surface area contributed by atoms with Gasteiger partial charge in [-0.25, -0.2) is 8.42 Å². The van der Waals surface area contributed by atoms with Gasteiger partial charge in [-0.3, -0.25) is 4.79 Å². The van der Waals surface area contributed by atoms with Crippen molar-refractivity contribution < 1.29 is 22.7 Å². The molecule has 0 aliphatic carbocycles. The van der Waals surface area contributed by atoms with E-state index in [9.17, 15) is 13.2 Å². The van der Waals surface area contributed by atoms with Crippen molar-refractivity contribution in [2.45, 2.75) is 32.1 Å². The highest BCUT2D eigenvalue weighted by Crippen LogP contribution is 2.31. The Kier molecular flexibility index (Phi) is 6.18. The number of hydrogen-bond donors (Lipinski definition) is 0. The first-order valence-corrected chi connectivity index (χ1v) is 10.0. The van der Waals surface area contributed by atoms with Crippen molar-refractivity contribution >= 4 is 15.9 Å². The summed E-state index contributed by atoms with van der Waals surface area (Å²) in [6.07, 6.45) is 0.448. The average molecular weight is 384 g/mol. The fraction of sp³-hybridized carbons (Fsp3) is 0.611. The van der Waals surface area contributed by atoms with Crippen molar-refractivity contribution in [2.24, 2.45) is 5.41 Å². The van der Waals surface area contributed by atoms with E-state index in [0.717, 1.165) is 0 Å². The van der Waals surface area contributed by atoms with Crippen LogP contribution >= 0.6 is 0 Å². The Morgan fingerprint density at radius 3 is 2.19 bits per heavy atom. The van der Waals surface area contributed by atoms with E-state index in [4.69, 9.17) is 9.47 Å². The fourth-order valence-corrected chi connectivity index (χ4v) is 4.46. The van der Waals surface area contributed by atoms with Gasteiger partial charge in [0.15, 0.2) is 0 Å². The molecule has 0 saturated carbocycles. The summed E-state index contributed by atoms with van der Waals surface area (Å²) in [4.78, 5) is 14.2. The number of piperazine rings is 1. The molecule has 1 aromatic carbocycles. The monoisotopic (exact) mass is 384 g/mol. The Morgan fingerprint density at radius 1 is 1.08 bits per heavy atom. The van der Waals surface area contributed by atoms with Crippen LogP contribution in [0.2, 0.25) is 0 Å². The normalized spacial score (nSPS) is 16.4. The highest BCUT2D eigenvalue weighted by atomic mass is 32.2. The summed E-state index contributed by atoms with van der Waals surface area (Å²) in [5.41, 5.74) is -0.0890. The number of carbonyl (C=O) groups excluding carboxylic acids is 1. The molecule has 1 aliphatic rings. The third-order valence-electron chi connectivity index (χ3n) is 4.26. The molecule has 26 heavy (non-hydrogen) atoms. The first kappa shape index (κ1) is 20.5. The van der Waals surface area contributed by atoms with Gasteiger partial charge in [0.1, 0.15) is 16.4 Å². The summed E-state index contributed by atoms with van der Waals surface area (Å²) >= 11 is 0. The molecule has 1 heterocycles. The summed E-state index contributed by atoms with van der Waals surface area (Å²) < 4.78 is 37.8. The topological polar surface area (TPSA) is 76.2 Å². The van der Waals surface area contributed by atoms with E-state index < -0.39 is 10.0 Å². The minimum atomic E-state index is -3.73. The van der Waals surface area contributed by atoms with Crippen molar-refractivity contribution in [3.8, 4) is 11.5 Å². The van der Waals surface area contributed by atoms with Crippen LogP contribution in [0.25, 0.3) is 0 Å². The maximum absolute atomic E-state index is 13.0. The van der Waals surface area contributed by atoms with Gasteiger partial charge in [0, 0.05) is 38.7 Å². The Hall–Kier alpha value is -1.80. The number of amides is 1. The molecule has 2 rings (SSSR count). The van der Waals surface area contributed by atoms with Crippen LogP contribution in [0.5, 0.6) is 11.5 Å². The minimum Gasteiger partial charge on any atom is -0.497 e. The van der Waals surface area contributed by atoms with Gasteiger partial charge in [-0.2, -0.15) is 4.31 Å². The lowest BCUT2D eigenvalue weighted by Gasteiger charge is -2.35. The summed E-state index contributed by atoms with van der Waals surface area (Å²) in [5, 5.41) is 0. The van der Waals surface area contributed by atoms with Crippen LogP contribution in [0.4, 0.5) is 0 Å². The first-order valence-electron chi connectivity index (χ1n) is 8.58. The fourth-order valence-electron chi connectivity index (χ4n) is 2.87. The van der Waals surface area contributed by atoms with Crippen LogP contribution in [0.1, 0.15) is 27.2 Å². The van der Waals surface area contributed by atoms with E-state index in [1.54, 1.807) is 17.0 Å². The predicted octanol–water partition coefficient (Wildman–Crippen LogP) is 1.97. The Morgan fingerprint density at radius 2 is 1.69 bits per heavy atom. The van der Waals surface area contributed by atoms with E-state index >= 15 is 0 Å². The lowest BCUT2D eigenvalue weighted by atomic mass is 9.91. The molecular formula is C18H28N2O5S. The van der Waals surface area contributed by atoms with E-state index in [1.807, 2.05) is 20.8 Å². The largest absolute Gasteiger partial charge is 0.497 e. The summed E-state index contributed by atoms with van der Waals surface area (Å²) in [6, 6.07) is 4.70. The maximum Gasteiger partial charge on any atom is 0.247 e. The van der Waals surface area contributed by atoms with Crippen molar-refractivity contribution in [2.75, 3.05) is 40.4 Å². The van der Waals surface area contributed by atoms with Crippen LogP contribution in [-0.4, -0.2) is 63.9 Å². The van der Waals surface area contributed by atoms with Crippen LogP contribution < -0.4 is 9.47 Å². The van der Waals surface area contributed by atoms with E-state index in [-0.39, 0.29) is 35.1 Å². The van der Waals surface area contributed by atoms with Gasteiger partial charge < -0.3 is 14.4 Å². The Labute approximate surface area is 155 Å². The van der Waals surface area contributed by atoms with Crippen LogP contribution in [0.3, 0.4) is 0 Å². The average Bonchev–Trinajstić information content (AvgIpc) is 2.59. The highest BCUT2D eigenvalue weighted by molar-refractivity contribution is 7.89. The van der Waals surface area contributed by atoms with Gasteiger partial charge in [0.25, 0.3) is 0 Å². The Bertz CT molecular complexity index is 747. The van der Waals surface area contributed by atoms with E-state index in [1.165, 1.54) is 24.6 Å². The maximum atomic E-state index is 13.0. The van der Waals surface area contributed by atoms with Crippen molar-refractivity contribution in [3.63, 3.8) is 0 Å². The van der Waals surface area contributed by atoms with Gasteiger partial charge >= 0.3 is 0 Å². The molecule has 0 spiro atoms. The molecular weight excluding hydrogens is 356 g/mol. The molecule has 0 radical (unpaired) electrons. The second kappa shape index (κ2) is 7.84. The number of rotatable bonds is 5. The summed E-state index contributed by atoms with van der Waals surface area (Å²) in [6.45, 7) is 7.35. The SMILES string of the molecule is COc1ccc(OC)c(S(=O)(=O)N2CCN(C(=O)CC(C)(C)C)CC2)c1. The van der Waals surface area contributed by atoms with Gasteiger partial charge in [0.05, 0.1) is 14.2 Å². The third kappa shape index (κ3) is 4.67. The zero-order valence-electron chi connectivity index (χ0n) is 16.1. The lowest BCUT2D eigenvalue weighted by molar-refractivity contribution is -0.134. The zero-order chi connectivity index (χ0) is 19.5. The Balaban J connectivity index is 2.14. The minimum absolute atomic E-state index is 0.0634. The number of ether oxygens (including phenoxy) is 2. The molecule has 0 atom stereocenters. The smallest absolute Gasteiger partial charge is 0.247 e. The number of carbonyl (C=O) groups is 1. The van der Waals surface area contributed by atoms with Gasteiger partial charge in [-0.1, -0.05) is 20.8 Å². The number of methoxy groups -OCH3 is 2. The van der Waals surface area contributed by atoms with Gasteiger partial charge in [0.2, 0.25) is 15.9 Å². The molecule has 0 aromatic heterocycles. The first-order chi connectivity index (χ1) is 12.1. The summed E-state index contributed by atoms with van der Waals surface area (Å²) in [7, 11) is -0.813. The molecule has 0 bridgehead atoms. The van der Waals surface area contributed by atoms with Crippen molar-refractivity contribution in [3.05, 3.63) is 18.2 Å².